The van der Waals surface area contributed by atoms with Gasteiger partial charge in [0.2, 0.25) is 0 Å². The molecule has 0 unspecified atom stereocenters. The highest BCUT2D eigenvalue weighted by Gasteiger charge is 2.12. The average molecular weight is 277 g/mol. The molecule has 0 fully saturated rings. The fraction of sp³-hybridized carbons (Fsp3) is 0.588. The van der Waals surface area contributed by atoms with E-state index in [1.165, 1.54) is 5.56 Å². The zero-order chi connectivity index (χ0) is 15.0. The third-order valence-corrected chi connectivity index (χ3v) is 3.54. The van der Waals surface area contributed by atoms with Crippen LogP contribution in [0.4, 0.5) is 0 Å². The number of likely N-dealkylation sites (N-methyl/N-ethyl adjacent to an activating group) is 1. The summed E-state index contributed by atoms with van der Waals surface area (Å²) in [6, 6.07) is 5.95. The van der Waals surface area contributed by atoms with E-state index < -0.39 is 0 Å². The van der Waals surface area contributed by atoms with Gasteiger partial charge in [-0.15, -0.1) is 0 Å². The number of hydrogen-bond donors (Lipinski definition) is 0. The van der Waals surface area contributed by atoms with Crippen LogP contribution in [0.25, 0.3) is 0 Å². The largest absolute Gasteiger partial charge is 0.461 e. The quantitative estimate of drug-likeness (QED) is 0.682. The predicted octanol–water partition coefficient (Wildman–Crippen LogP) is 3.45. The Bertz CT molecular complexity index is 425. The highest BCUT2D eigenvalue weighted by Crippen LogP contribution is 2.15. The van der Waals surface area contributed by atoms with Crippen LogP contribution in [0.15, 0.2) is 18.2 Å². The van der Waals surface area contributed by atoms with E-state index in [9.17, 15) is 4.79 Å². The maximum atomic E-state index is 12.2. The van der Waals surface area contributed by atoms with E-state index in [1.807, 2.05) is 12.1 Å². The minimum Gasteiger partial charge on any atom is -0.461 e. The van der Waals surface area contributed by atoms with Crippen molar-refractivity contribution < 1.29 is 9.53 Å². The second kappa shape index (κ2) is 8.75. The van der Waals surface area contributed by atoms with Crippen molar-refractivity contribution in [1.82, 2.24) is 4.90 Å². The van der Waals surface area contributed by atoms with Crippen LogP contribution in [0.1, 0.15) is 48.7 Å². The summed E-state index contributed by atoms with van der Waals surface area (Å²) in [4.78, 5) is 14.4. The lowest BCUT2D eigenvalue weighted by Crippen LogP contribution is -2.28. The molecule has 0 atom stereocenters. The number of hydrogen-bond acceptors (Lipinski definition) is 3. The van der Waals surface area contributed by atoms with Crippen molar-refractivity contribution in [1.29, 1.82) is 0 Å². The van der Waals surface area contributed by atoms with Crippen molar-refractivity contribution >= 4 is 5.97 Å². The molecule has 0 amide bonds. The molecular formula is C17H27NO2. The molecule has 0 N–H and O–H groups in total. The van der Waals surface area contributed by atoms with Crippen LogP contribution in [0, 0.1) is 6.92 Å². The minimum absolute atomic E-state index is 0.194. The van der Waals surface area contributed by atoms with Crippen molar-refractivity contribution in [2.75, 3.05) is 26.2 Å². The third kappa shape index (κ3) is 4.97. The molecule has 0 bridgehead atoms. The zero-order valence-electron chi connectivity index (χ0n) is 13.2. The predicted molar refractivity (Wildman–Crippen MR) is 83.2 cm³/mol. The molecule has 20 heavy (non-hydrogen) atoms. The monoisotopic (exact) mass is 277 g/mol. The molecule has 0 aliphatic rings. The van der Waals surface area contributed by atoms with Crippen LogP contribution in [-0.2, 0) is 11.2 Å². The molecule has 0 aliphatic carbocycles. The van der Waals surface area contributed by atoms with E-state index in [4.69, 9.17) is 4.74 Å². The molecular weight excluding hydrogens is 250 g/mol. The summed E-state index contributed by atoms with van der Waals surface area (Å²) in [6.07, 6.45) is 1.95. The summed E-state index contributed by atoms with van der Waals surface area (Å²) in [7, 11) is 0. The normalized spacial score (nSPS) is 10.8. The van der Waals surface area contributed by atoms with Crippen LogP contribution in [0.2, 0.25) is 0 Å². The van der Waals surface area contributed by atoms with Crippen LogP contribution < -0.4 is 0 Å². The fourth-order valence-corrected chi connectivity index (χ4v) is 2.28. The highest BCUT2D eigenvalue weighted by atomic mass is 16.5. The second-order valence-corrected chi connectivity index (χ2v) is 5.07. The van der Waals surface area contributed by atoms with Gasteiger partial charge in [0.1, 0.15) is 6.61 Å². The van der Waals surface area contributed by atoms with Crippen LogP contribution >= 0.6 is 0 Å². The summed E-state index contributed by atoms with van der Waals surface area (Å²) >= 11 is 0. The van der Waals surface area contributed by atoms with E-state index in [0.717, 1.165) is 43.6 Å². The number of esters is 1. The van der Waals surface area contributed by atoms with Gasteiger partial charge >= 0.3 is 5.97 Å². The van der Waals surface area contributed by atoms with Crippen molar-refractivity contribution in [3.8, 4) is 0 Å². The molecule has 0 radical (unpaired) electrons. The summed E-state index contributed by atoms with van der Waals surface area (Å²) in [5, 5.41) is 0. The Balaban J connectivity index is 2.63. The van der Waals surface area contributed by atoms with E-state index in [2.05, 4.69) is 38.7 Å². The van der Waals surface area contributed by atoms with Gasteiger partial charge in [0.15, 0.2) is 0 Å². The van der Waals surface area contributed by atoms with E-state index in [0.29, 0.717) is 6.61 Å². The van der Waals surface area contributed by atoms with E-state index in [-0.39, 0.29) is 5.97 Å². The lowest BCUT2D eigenvalue weighted by Gasteiger charge is -2.18. The lowest BCUT2D eigenvalue weighted by molar-refractivity contribution is 0.0465. The molecule has 112 valence electrons. The number of rotatable bonds is 8. The van der Waals surface area contributed by atoms with E-state index >= 15 is 0 Å². The van der Waals surface area contributed by atoms with Crippen LogP contribution in [-0.4, -0.2) is 37.1 Å². The number of carbonyl (C=O) groups is 1. The summed E-state index contributed by atoms with van der Waals surface area (Å²) in [5.74, 6) is -0.194. The lowest BCUT2D eigenvalue weighted by atomic mass is 10.0. The minimum atomic E-state index is -0.194. The molecule has 0 aromatic heterocycles. The Morgan fingerprint density at radius 2 is 1.90 bits per heavy atom. The van der Waals surface area contributed by atoms with E-state index in [1.54, 1.807) is 0 Å². The molecule has 1 rings (SSSR count). The van der Waals surface area contributed by atoms with Gasteiger partial charge in [-0.3, -0.25) is 0 Å². The number of benzene rings is 1. The van der Waals surface area contributed by atoms with Gasteiger partial charge in [0.05, 0.1) is 5.56 Å². The van der Waals surface area contributed by atoms with Gasteiger partial charge in [-0.2, -0.15) is 0 Å². The Labute approximate surface area is 122 Å². The maximum absolute atomic E-state index is 12.2. The SMILES string of the molecule is CCCc1cc(C)ccc1C(=O)OCCN(CC)CC. The molecule has 0 saturated heterocycles. The van der Waals surface area contributed by atoms with Gasteiger partial charge in [-0.1, -0.05) is 44.9 Å². The Morgan fingerprint density at radius 3 is 2.50 bits per heavy atom. The molecule has 1 aromatic carbocycles. The third-order valence-electron chi connectivity index (χ3n) is 3.54. The number of ether oxygens (including phenoxy) is 1. The first kappa shape index (κ1) is 16.7. The van der Waals surface area contributed by atoms with Crippen molar-refractivity contribution in [2.45, 2.75) is 40.5 Å². The topological polar surface area (TPSA) is 29.5 Å². The standard InChI is InChI=1S/C17H27NO2/c1-5-8-15-13-14(4)9-10-16(15)17(19)20-12-11-18(6-2)7-3/h9-10,13H,5-8,11-12H2,1-4H3. The Hall–Kier alpha value is -1.35. The Kier molecular flexibility index (Phi) is 7.31. The van der Waals surface area contributed by atoms with Crippen molar-refractivity contribution in [3.63, 3.8) is 0 Å². The molecule has 3 nitrogen and oxygen atoms in total. The van der Waals surface area contributed by atoms with Gasteiger partial charge in [0.25, 0.3) is 0 Å². The smallest absolute Gasteiger partial charge is 0.338 e. The van der Waals surface area contributed by atoms with Gasteiger partial charge < -0.3 is 9.64 Å². The fourth-order valence-electron chi connectivity index (χ4n) is 2.28. The van der Waals surface area contributed by atoms with Crippen molar-refractivity contribution in [3.05, 3.63) is 34.9 Å². The molecule has 0 heterocycles. The summed E-state index contributed by atoms with van der Waals surface area (Å²) in [5.41, 5.74) is 3.01. The summed E-state index contributed by atoms with van der Waals surface area (Å²) < 4.78 is 5.41. The number of carbonyl (C=O) groups excluding carboxylic acids is 1. The summed E-state index contributed by atoms with van der Waals surface area (Å²) in [6.45, 7) is 11.6. The Morgan fingerprint density at radius 1 is 1.20 bits per heavy atom. The molecule has 0 aliphatic heterocycles. The first-order chi connectivity index (χ1) is 9.62. The molecule has 0 spiro atoms. The zero-order valence-corrected chi connectivity index (χ0v) is 13.2. The molecule has 3 heteroatoms. The van der Waals surface area contributed by atoms with Crippen LogP contribution in [0.3, 0.4) is 0 Å². The average Bonchev–Trinajstić information content (AvgIpc) is 2.44. The second-order valence-electron chi connectivity index (χ2n) is 5.07. The van der Waals surface area contributed by atoms with Crippen molar-refractivity contribution in [2.24, 2.45) is 0 Å². The highest BCUT2D eigenvalue weighted by molar-refractivity contribution is 5.91. The van der Waals surface area contributed by atoms with Gasteiger partial charge in [-0.05, 0) is 38.1 Å². The molecule has 1 aromatic rings. The first-order valence-corrected chi connectivity index (χ1v) is 7.61. The molecule has 0 saturated carbocycles. The van der Waals surface area contributed by atoms with Gasteiger partial charge in [0, 0.05) is 6.54 Å². The maximum Gasteiger partial charge on any atom is 0.338 e. The van der Waals surface area contributed by atoms with Gasteiger partial charge in [-0.25, -0.2) is 4.79 Å². The number of nitrogens with zero attached hydrogens (tertiary/aromatic N) is 1. The number of aryl methyl sites for hydroxylation is 2. The van der Waals surface area contributed by atoms with Crippen LogP contribution in [0.5, 0.6) is 0 Å². The first-order valence-electron chi connectivity index (χ1n) is 7.61.